The van der Waals surface area contributed by atoms with Crippen LogP contribution in [0.2, 0.25) is 0 Å². The molecule has 1 heterocycles. The van der Waals surface area contributed by atoms with Gasteiger partial charge in [0.15, 0.2) is 0 Å². The van der Waals surface area contributed by atoms with Gasteiger partial charge in [0.05, 0.1) is 12.3 Å². The summed E-state index contributed by atoms with van der Waals surface area (Å²) in [7, 11) is 0. The monoisotopic (exact) mass is 289 g/mol. The Kier molecular flexibility index (Phi) is 4.99. The number of nitrogens with zero attached hydrogens (tertiary/aromatic N) is 4. The Labute approximate surface area is 123 Å². The average molecular weight is 289 g/mol. The molecule has 1 N–H and O–H groups in total. The predicted molar refractivity (Wildman–Crippen MR) is 76.8 cm³/mol. The van der Waals surface area contributed by atoms with Gasteiger partial charge in [-0.3, -0.25) is 10.1 Å². The van der Waals surface area contributed by atoms with Crippen molar-refractivity contribution in [3.8, 4) is 5.69 Å². The largest absolute Gasteiger partial charge is 0.465 e. The second kappa shape index (κ2) is 6.94. The first kappa shape index (κ1) is 15.1. The number of rotatable bonds is 6. The van der Waals surface area contributed by atoms with Crippen LogP contribution < -0.4 is 5.32 Å². The zero-order valence-electron chi connectivity index (χ0n) is 12.4. The molecule has 1 aromatic heterocycles. The molecule has 0 saturated carbocycles. The maximum atomic E-state index is 11.6. The first-order chi connectivity index (χ1) is 10.1. The van der Waals surface area contributed by atoms with Crippen molar-refractivity contribution >= 4 is 5.97 Å². The molecule has 0 amide bonds. The van der Waals surface area contributed by atoms with Crippen LogP contribution in [0.5, 0.6) is 0 Å². The number of carbonyl (C=O) groups excluding carboxylic acids is 1. The van der Waals surface area contributed by atoms with Gasteiger partial charge in [-0.2, -0.15) is 0 Å². The van der Waals surface area contributed by atoms with Crippen molar-refractivity contribution in [2.75, 3.05) is 6.61 Å². The van der Waals surface area contributed by atoms with Gasteiger partial charge < -0.3 is 4.74 Å². The number of carbonyl (C=O) groups is 1. The fourth-order valence-electron chi connectivity index (χ4n) is 2.02. The van der Waals surface area contributed by atoms with Gasteiger partial charge in [-0.1, -0.05) is 12.1 Å². The second-order valence-corrected chi connectivity index (χ2v) is 4.71. The van der Waals surface area contributed by atoms with Crippen molar-refractivity contribution in [1.29, 1.82) is 0 Å². The number of hydrogen-bond donors (Lipinski definition) is 1. The Morgan fingerprint density at radius 2 is 2.24 bits per heavy atom. The van der Waals surface area contributed by atoms with Gasteiger partial charge in [0.25, 0.3) is 0 Å². The Bertz CT molecular complexity index is 585. The van der Waals surface area contributed by atoms with E-state index in [2.05, 4.69) is 20.8 Å². The highest BCUT2D eigenvalue weighted by molar-refractivity contribution is 5.75. The first-order valence-electron chi connectivity index (χ1n) is 6.87. The summed E-state index contributed by atoms with van der Waals surface area (Å²) >= 11 is 0. The number of esters is 1. The Balaban J connectivity index is 2.07. The first-order valence-corrected chi connectivity index (χ1v) is 6.87. The molecule has 21 heavy (non-hydrogen) atoms. The number of tetrazole rings is 1. The number of hydrogen-bond acceptors (Lipinski definition) is 6. The molecule has 0 aliphatic carbocycles. The minimum absolute atomic E-state index is 0.000775. The standard InChI is InChI=1S/C14H19N5O2/c1-4-21-14(20)11(3)16-10(2)12-6-5-7-13(8-12)19-9-15-17-18-19/h5-11,16H,4H2,1-3H3. The normalized spacial score (nSPS) is 13.7. The van der Waals surface area contributed by atoms with E-state index in [4.69, 9.17) is 4.74 Å². The quantitative estimate of drug-likeness (QED) is 0.806. The van der Waals surface area contributed by atoms with E-state index in [-0.39, 0.29) is 18.1 Å². The SMILES string of the molecule is CCOC(=O)C(C)NC(C)c1cccc(-n2cnnn2)c1. The van der Waals surface area contributed by atoms with Crippen molar-refractivity contribution in [1.82, 2.24) is 25.5 Å². The van der Waals surface area contributed by atoms with Crippen LogP contribution in [0.1, 0.15) is 32.4 Å². The van der Waals surface area contributed by atoms with Gasteiger partial charge in [-0.15, -0.1) is 5.10 Å². The molecule has 7 heteroatoms. The third-order valence-electron chi connectivity index (χ3n) is 3.12. The molecule has 0 radical (unpaired) electrons. The molecule has 7 nitrogen and oxygen atoms in total. The minimum atomic E-state index is -0.364. The fraction of sp³-hybridized carbons (Fsp3) is 0.429. The topological polar surface area (TPSA) is 81.9 Å². The highest BCUT2D eigenvalue weighted by Gasteiger charge is 2.17. The Morgan fingerprint density at radius 3 is 2.90 bits per heavy atom. The summed E-state index contributed by atoms with van der Waals surface area (Å²) in [4.78, 5) is 11.6. The van der Waals surface area contributed by atoms with E-state index in [0.717, 1.165) is 11.3 Å². The molecule has 0 saturated heterocycles. The number of nitrogens with one attached hydrogen (secondary N) is 1. The summed E-state index contributed by atoms with van der Waals surface area (Å²) < 4.78 is 6.58. The van der Waals surface area contributed by atoms with E-state index >= 15 is 0 Å². The summed E-state index contributed by atoms with van der Waals surface area (Å²) in [5, 5.41) is 14.3. The van der Waals surface area contributed by atoms with Crippen LogP contribution in [0, 0.1) is 0 Å². The molecule has 0 bridgehead atoms. The lowest BCUT2D eigenvalue weighted by molar-refractivity contribution is -0.145. The smallest absolute Gasteiger partial charge is 0.322 e. The van der Waals surface area contributed by atoms with Crippen molar-refractivity contribution < 1.29 is 9.53 Å². The molecule has 2 unspecified atom stereocenters. The van der Waals surface area contributed by atoms with E-state index < -0.39 is 0 Å². The van der Waals surface area contributed by atoms with Crippen LogP contribution in [0.15, 0.2) is 30.6 Å². The third kappa shape index (κ3) is 3.85. The Hall–Kier alpha value is -2.28. The van der Waals surface area contributed by atoms with E-state index in [0.29, 0.717) is 6.61 Å². The van der Waals surface area contributed by atoms with Crippen molar-refractivity contribution in [3.05, 3.63) is 36.2 Å². The lowest BCUT2D eigenvalue weighted by Crippen LogP contribution is -2.37. The molecule has 0 spiro atoms. The van der Waals surface area contributed by atoms with Crippen molar-refractivity contribution in [3.63, 3.8) is 0 Å². The van der Waals surface area contributed by atoms with Crippen molar-refractivity contribution in [2.24, 2.45) is 0 Å². The zero-order chi connectivity index (χ0) is 15.2. The van der Waals surface area contributed by atoms with Gasteiger partial charge in [0.2, 0.25) is 0 Å². The summed E-state index contributed by atoms with van der Waals surface area (Å²) in [5.41, 5.74) is 1.91. The zero-order valence-corrected chi connectivity index (χ0v) is 12.4. The summed E-state index contributed by atoms with van der Waals surface area (Å²) in [6.45, 7) is 5.96. The molecule has 2 atom stereocenters. The maximum absolute atomic E-state index is 11.6. The van der Waals surface area contributed by atoms with Crippen LogP contribution in [0.25, 0.3) is 5.69 Å². The fourth-order valence-corrected chi connectivity index (χ4v) is 2.02. The van der Waals surface area contributed by atoms with E-state index in [9.17, 15) is 4.79 Å². The summed E-state index contributed by atoms with van der Waals surface area (Å²) in [6.07, 6.45) is 1.54. The number of benzene rings is 1. The van der Waals surface area contributed by atoms with Crippen LogP contribution in [-0.4, -0.2) is 38.8 Å². The second-order valence-electron chi connectivity index (χ2n) is 4.71. The summed E-state index contributed by atoms with van der Waals surface area (Å²) in [6, 6.07) is 7.45. The third-order valence-corrected chi connectivity index (χ3v) is 3.12. The van der Waals surface area contributed by atoms with Gasteiger partial charge in [-0.25, -0.2) is 4.68 Å². The lowest BCUT2D eigenvalue weighted by atomic mass is 10.1. The molecule has 0 fully saturated rings. The highest BCUT2D eigenvalue weighted by atomic mass is 16.5. The van der Waals surface area contributed by atoms with Crippen LogP contribution in [0.4, 0.5) is 0 Å². The molecule has 112 valence electrons. The number of aromatic nitrogens is 4. The highest BCUT2D eigenvalue weighted by Crippen LogP contribution is 2.16. The summed E-state index contributed by atoms with van der Waals surface area (Å²) in [5.74, 6) is -0.249. The molecule has 2 aromatic rings. The maximum Gasteiger partial charge on any atom is 0.322 e. The van der Waals surface area contributed by atoms with Crippen molar-refractivity contribution in [2.45, 2.75) is 32.9 Å². The minimum Gasteiger partial charge on any atom is -0.465 e. The Morgan fingerprint density at radius 1 is 1.43 bits per heavy atom. The predicted octanol–water partition coefficient (Wildman–Crippen LogP) is 1.26. The van der Waals surface area contributed by atoms with Gasteiger partial charge in [0, 0.05) is 6.04 Å². The van der Waals surface area contributed by atoms with E-state index in [1.54, 1.807) is 24.9 Å². The molecule has 1 aromatic carbocycles. The van der Waals surface area contributed by atoms with Crippen LogP contribution in [-0.2, 0) is 9.53 Å². The van der Waals surface area contributed by atoms with Gasteiger partial charge in [0.1, 0.15) is 12.4 Å². The molecule has 0 aliphatic heterocycles. The van der Waals surface area contributed by atoms with E-state index in [1.165, 1.54) is 0 Å². The van der Waals surface area contributed by atoms with Crippen LogP contribution >= 0.6 is 0 Å². The molecule has 0 aliphatic rings. The lowest BCUT2D eigenvalue weighted by Gasteiger charge is -2.19. The van der Waals surface area contributed by atoms with Gasteiger partial charge in [-0.05, 0) is 48.9 Å². The molecular weight excluding hydrogens is 270 g/mol. The number of ether oxygens (including phenoxy) is 1. The average Bonchev–Trinajstić information content (AvgIpc) is 3.01. The van der Waals surface area contributed by atoms with Crippen LogP contribution in [0.3, 0.4) is 0 Å². The van der Waals surface area contributed by atoms with Gasteiger partial charge >= 0.3 is 5.97 Å². The molecular formula is C14H19N5O2. The van der Waals surface area contributed by atoms with E-state index in [1.807, 2.05) is 31.2 Å². The molecule has 2 rings (SSSR count).